The molecule has 76 heavy (non-hydrogen) atoms. The van der Waals surface area contributed by atoms with Crippen molar-refractivity contribution in [2.24, 2.45) is 11.8 Å². The molecule has 0 aromatic heterocycles. The highest BCUT2D eigenvalue weighted by Gasteiger charge is 2.49. The number of aliphatic hydroxyl groups excluding tert-OH is 2. The van der Waals surface area contributed by atoms with Crippen molar-refractivity contribution < 1.29 is 66.7 Å². The minimum atomic E-state index is -1.03. The van der Waals surface area contributed by atoms with E-state index in [1.165, 1.54) is 23.3 Å². The third-order valence-corrected chi connectivity index (χ3v) is 15.8. The number of carbonyl (C=O) groups excluding carboxylic acids is 2. The quantitative estimate of drug-likeness (QED) is 0.102. The SMILES string of the molecule is C=C1CC(OP)[C@@H]2O[C@H]2C[C@@H]([C@H](/C=C/[C@@H]2CC(C)=CCO2)OP)OC(=O)/C=C\C[C@@H]2C=CC[C@@H](C[C@@H](C)C1)O2.C=C1C[C@H](C)C[C@@H]2CC=C[C@@H](C/C=C\C(=O)O[C@H]([C@@H](O)/C=C/[C@@H]3CC(C)=CCO3)C[C@@H]3O[C@H]3[C@@H](O)C1)O2. The third-order valence-electron chi connectivity index (χ3n) is 15.2. The van der Waals surface area contributed by atoms with E-state index in [0.717, 1.165) is 62.5 Å². The predicted molar refractivity (Wildman–Crippen MR) is 299 cm³/mol. The molecule has 2 N–H and O–H groups in total. The number of epoxide rings is 2. The van der Waals surface area contributed by atoms with E-state index >= 15 is 0 Å². The summed E-state index contributed by atoms with van der Waals surface area (Å²) in [5, 5.41) is 21.7. The Balaban J connectivity index is 0.000000221. The van der Waals surface area contributed by atoms with Gasteiger partial charge in [-0.15, -0.1) is 0 Å². The minimum absolute atomic E-state index is 0.0342. The third kappa shape index (κ3) is 20.2. The molecule has 0 spiro atoms. The first kappa shape index (κ1) is 60.4. The molecule has 0 saturated carbocycles. The van der Waals surface area contributed by atoms with Crippen LogP contribution in [0, 0.1) is 11.8 Å². The van der Waals surface area contributed by atoms with Crippen molar-refractivity contribution in [3.05, 3.63) is 121 Å². The van der Waals surface area contributed by atoms with Gasteiger partial charge in [0.25, 0.3) is 0 Å². The zero-order valence-electron chi connectivity index (χ0n) is 45.2. The maximum absolute atomic E-state index is 12.9. The van der Waals surface area contributed by atoms with Crippen LogP contribution in [0.1, 0.15) is 118 Å². The van der Waals surface area contributed by atoms with Crippen LogP contribution >= 0.6 is 18.9 Å². The Morgan fingerprint density at radius 1 is 0.645 bits per heavy atom. The number of aliphatic hydroxyl groups is 2. The van der Waals surface area contributed by atoms with E-state index in [0.29, 0.717) is 57.2 Å². The molecule has 420 valence electrons. The zero-order chi connectivity index (χ0) is 54.1. The minimum Gasteiger partial charge on any atom is -0.456 e. The van der Waals surface area contributed by atoms with Gasteiger partial charge in [-0.25, -0.2) is 9.59 Å². The molecular weight excluding hydrogens is 1010 g/mol. The van der Waals surface area contributed by atoms with Gasteiger partial charge in [-0.1, -0.05) is 122 Å². The summed E-state index contributed by atoms with van der Waals surface area (Å²) in [5.41, 5.74) is 4.67. The first-order valence-electron chi connectivity index (χ1n) is 27.6. The average Bonchev–Trinajstić information content (AvgIpc) is 4.32. The van der Waals surface area contributed by atoms with E-state index < -0.39 is 42.5 Å². The molecule has 20 atom stereocenters. The molecular formula is C60H86O14P2. The standard InChI is InChI=1S/C30H44O7P2.C30H42O7/c1-19-12-13-32-23(15-19)10-11-25(36-38)26-18-27-30(35-27)28(37-39)17-21(3)14-20(2)16-24-8-4-6-22(33-24)7-5-9-29(31)34-26;1-19-12-13-34-23(15-19)10-11-25(31)27-18-28-30(37-28)26(32)17-21(3)14-20(2)16-24-8-4-6-22(35-24)7-5-9-29(33)36-27/h4-6,9-12,20,22-28,30H,3,7-8,13-18,38-39H2,1-2H3;4-6,9-12,20,22-28,30-32H,3,7-8,13-18H2,1-2H3/b2*9-5-,11-10+/t20-,22-,23+,24-,25-,26-,27-,28?,30+;20-,22-,23+,24-,25-,26-,27-,28-,30-/m00/s1. The highest BCUT2D eigenvalue weighted by atomic mass is 31.0. The number of hydrogen-bond donors (Lipinski definition) is 2. The summed E-state index contributed by atoms with van der Waals surface area (Å²) in [6.07, 6.45) is 32.0. The highest BCUT2D eigenvalue weighted by Crippen LogP contribution is 2.38. The Labute approximate surface area is 456 Å². The summed E-state index contributed by atoms with van der Waals surface area (Å²) in [5.74, 6) is -0.106. The Kier molecular flexibility index (Phi) is 24.2. The lowest BCUT2D eigenvalue weighted by Gasteiger charge is -2.28. The van der Waals surface area contributed by atoms with Crippen molar-refractivity contribution in [3.8, 4) is 0 Å². The van der Waals surface area contributed by atoms with Crippen LogP contribution < -0.4 is 0 Å². The number of carbonyl (C=O) groups is 2. The van der Waals surface area contributed by atoms with E-state index in [9.17, 15) is 19.8 Å². The molecule has 8 aliphatic heterocycles. The molecule has 0 radical (unpaired) electrons. The molecule has 4 bridgehead atoms. The maximum atomic E-state index is 12.9. The topological polar surface area (TPSA) is 174 Å². The molecule has 0 amide bonds. The Bertz CT molecular complexity index is 2180. The van der Waals surface area contributed by atoms with Crippen molar-refractivity contribution in [2.45, 2.75) is 215 Å². The van der Waals surface area contributed by atoms with Gasteiger partial charge in [-0.2, -0.15) is 0 Å². The van der Waals surface area contributed by atoms with Crippen molar-refractivity contribution in [2.75, 3.05) is 13.2 Å². The maximum Gasteiger partial charge on any atom is 0.330 e. The fraction of sp³-hybridized carbons (Fsp3) is 0.633. The number of fused-ring (bicyclic) bond motifs is 6. The van der Waals surface area contributed by atoms with Crippen LogP contribution in [-0.2, 0) is 56.5 Å². The molecule has 16 heteroatoms. The monoisotopic (exact) mass is 1090 g/mol. The van der Waals surface area contributed by atoms with Crippen LogP contribution in [0.3, 0.4) is 0 Å². The van der Waals surface area contributed by atoms with Gasteiger partial charge in [0.2, 0.25) is 0 Å². The molecule has 8 rings (SSSR count). The van der Waals surface area contributed by atoms with E-state index in [1.807, 2.05) is 36.5 Å². The van der Waals surface area contributed by atoms with Gasteiger partial charge in [0, 0.05) is 43.9 Å². The molecule has 3 unspecified atom stereocenters. The number of esters is 2. The molecule has 14 nitrogen and oxygen atoms in total. The van der Waals surface area contributed by atoms with Gasteiger partial charge >= 0.3 is 11.9 Å². The molecule has 8 heterocycles. The van der Waals surface area contributed by atoms with Crippen molar-refractivity contribution in [3.63, 3.8) is 0 Å². The number of rotatable bonds is 8. The average molecular weight is 1090 g/mol. The van der Waals surface area contributed by atoms with Crippen LogP contribution in [-0.4, -0.2) is 133 Å². The summed E-state index contributed by atoms with van der Waals surface area (Å²) in [7, 11) is 4.69. The lowest BCUT2D eigenvalue weighted by Crippen LogP contribution is -2.33. The van der Waals surface area contributed by atoms with Crippen molar-refractivity contribution >= 4 is 30.9 Å². The number of cyclic esters (lactones) is 2. The van der Waals surface area contributed by atoms with Gasteiger partial charge in [-0.05, 0) is 103 Å². The normalized spacial score (nSPS) is 38.9. The Hall–Kier alpha value is -3.20. The first-order chi connectivity index (χ1) is 36.6. The zero-order valence-corrected chi connectivity index (χ0v) is 47.5. The van der Waals surface area contributed by atoms with Gasteiger partial charge < -0.3 is 57.2 Å². The smallest absolute Gasteiger partial charge is 0.330 e. The fourth-order valence-corrected chi connectivity index (χ4v) is 11.6. The second-order valence-corrected chi connectivity index (χ2v) is 22.8. The van der Waals surface area contributed by atoms with E-state index in [-0.39, 0.29) is 73.6 Å². The Morgan fingerprint density at radius 2 is 1.16 bits per heavy atom. The van der Waals surface area contributed by atoms with Gasteiger partial charge in [-0.3, -0.25) is 0 Å². The fourth-order valence-electron chi connectivity index (χ4n) is 11.1. The van der Waals surface area contributed by atoms with Crippen LogP contribution in [0.2, 0.25) is 0 Å². The van der Waals surface area contributed by atoms with Crippen LogP contribution in [0.25, 0.3) is 0 Å². The predicted octanol–water partition coefficient (Wildman–Crippen LogP) is 9.84. The molecule has 0 aromatic carbocycles. The lowest BCUT2D eigenvalue weighted by atomic mass is 9.91. The number of hydrogen-bond acceptors (Lipinski definition) is 14. The van der Waals surface area contributed by atoms with Crippen LogP contribution in [0.5, 0.6) is 0 Å². The van der Waals surface area contributed by atoms with Gasteiger partial charge in [0.05, 0.1) is 74.3 Å². The second kappa shape index (κ2) is 30.4. The number of ether oxygens (including phenoxy) is 8. The largest absolute Gasteiger partial charge is 0.456 e. The summed E-state index contributed by atoms with van der Waals surface area (Å²) >= 11 is 0. The first-order valence-corrected chi connectivity index (χ1v) is 28.6. The lowest BCUT2D eigenvalue weighted by molar-refractivity contribution is -0.148. The summed E-state index contributed by atoms with van der Waals surface area (Å²) in [6, 6.07) is 0. The summed E-state index contributed by atoms with van der Waals surface area (Å²) < 4.78 is 58.9. The molecule has 2 saturated heterocycles. The summed E-state index contributed by atoms with van der Waals surface area (Å²) in [6.45, 7) is 18.3. The Morgan fingerprint density at radius 3 is 1.71 bits per heavy atom. The second-order valence-electron chi connectivity index (χ2n) is 22.3. The molecule has 8 aliphatic rings. The van der Waals surface area contributed by atoms with Gasteiger partial charge in [0.15, 0.2) is 0 Å². The van der Waals surface area contributed by atoms with Crippen LogP contribution in [0.4, 0.5) is 0 Å². The van der Waals surface area contributed by atoms with Crippen molar-refractivity contribution in [1.82, 2.24) is 0 Å². The summed E-state index contributed by atoms with van der Waals surface area (Å²) in [4.78, 5) is 25.5. The van der Waals surface area contributed by atoms with Crippen molar-refractivity contribution in [1.29, 1.82) is 0 Å². The molecule has 2 fully saturated rings. The van der Waals surface area contributed by atoms with E-state index in [4.69, 9.17) is 46.9 Å². The van der Waals surface area contributed by atoms with Gasteiger partial charge in [0.1, 0.15) is 36.6 Å². The molecule has 0 aliphatic carbocycles. The van der Waals surface area contributed by atoms with E-state index in [1.54, 1.807) is 12.2 Å². The van der Waals surface area contributed by atoms with E-state index in [2.05, 4.69) is 84.1 Å². The molecule has 0 aromatic rings. The van der Waals surface area contributed by atoms with Crippen LogP contribution in [0.15, 0.2) is 121 Å². The highest BCUT2D eigenvalue weighted by molar-refractivity contribution is 7.10.